The Kier molecular flexibility index (Phi) is 4.71. The average Bonchev–Trinajstić information content (AvgIpc) is 3.36. The summed E-state index contributed by atoms with van der Waals surface area (Å²) in [5, 5.41) is 25.5. The van der Waals surface area contributed by atoms with Crippen LogP contribution < -0.4 is 10.6 Å². The highest BCUT2D eigenvalue weighted by Crippen LogP contribution is 2.44. The molecular weight excluding hydrogens is 356 g/mol. The number of fused-ring (bicyclic) bond motifs is 1. The first kappa shape index (κ1) is 18.4. The predicted molar refractivity (Wildman–Crippen MR) is 103 cm³/mol. The Balaban J connectivity index is 1.42. The highest BCUT2D eigenvalue weighted by atomic mass is 16.3. The van der Waals surface area contributed by atoms with Gasteiger partial charge in [0.25, 0.3) is 5.91 Å². The smallest absolute Gasteiger partial charge is 0.267 e. The topological polar surface area (TPSA) is 118 Å². The second-order valence-electron chi connectivity index (χ2n) is 8.04. The van der Waals surface area contributed by atoms with Gasteiger partial charge in [0.15, 0.2) is 0 Å². The molecule has 7 heteroatoms. The molecule has 2 aromatic rings. The summed E-state index contributed by atoms with van der Waals surface area (Å²) in [6, 6.07) is 8.65. The Hall–Kier alpha value is -3.01. The Labute approximate surface area is 163 Å². The molecule has 4 N–H and O–H groups in total. The van der Waals surface area contributed by atoms with Crippen LogP contribution in [-0.2, 0) is 4.79 Å². The van der Waals surface area contributed by atoms with Crippen molar-refractivity contribution in [3.05, 3.63) is 30.0 Å². The molecule has 2 amide bonds. The molecule has 2 aliphatic carbocycles. The first-order valence-electron chi connectivity index (χ1n) is 9.81. The van der Waals surface area contributed by atoms with Gasteiger partial charge in [0.1, 0.15) is 11.4 Å². The summed E-state index contributed by atoms with van der Waals surface area (Å²) >= 11 is 0. The van der Waals surface area contributed by atoms with Crippen molar-refractivity contribution < 1.29 is 14.7 Å². The molecule has 0 unspecified atom stereocenters. The van der Waals surface area contributed by atoms with Crippen molar-refractivity contribution in [2.75, 3.05) is 6.54 Å². The second-order valence-corrected chi connectivity index (χ2v) is 8.04. The maximum absolute atomic E-state index is 12.7. The standard InChI is InChI=1S/C21H24N4O3/c22-11-21(7-8-21)12-23-19(27)15-3-1-2-4-17(15)25-20(28)18-10-13-9-14(26)5-6-16(13)24-18/h5-6,9-10,15,17,24,26H,1-4,7-8,12H2,(H,23,27)(H,25,28)/t15-,17+/m1/s1. The second kappa shape index (κ2) is 7.19. The third-order valence-corrected chi connectivity index (χ3v) is 5.96. The maximum Gasteiger partial charge on any atom is 0.267 e. The predicted octanol–water partition coefficient (Wildman–Crippen LogP) is 2.58. The van der Waals surface area contributed by atoms with E-state index in [0.29, 0.717) is 12.2 Å². The molecule has 0 bridgehead atoms. The fourth-order valence-electron chi connectivity index (χ4n) is 3.97. The number of carbonyl (C=O) groups excluding carboxylic acids is 2. The molecule has 0 aliphatic heterocycles. The Morgan fingerprint density at radius 3 is 2.79 bits per heavy atom. The summed E-state index contributed by atoms with van der Waals surface area (Å²) in [4.78, 5) is 28.5. The number of nitriles is 1. The fourth-order valence-corrected chi connectivity index (χ4v) is 3.97. The van der Waals surface area contributed by atoms with Gasteiger partial charge in [-0.05, 0) is 49.9 Å². The number of hydrogen-bond acceptors (Lipinski definition) is 4. The summed E-state index contributed by atoms with van der Waals surface area (Å²) in [5.41, 5.74) is 0.804. The molecular formula is C21H24N4O3. The zero-order valence-corrected chi connectivity index (χ0v) is 15.6. The number of nitrogens with zero attached hydrogens (tertiary/aromatic N) is 1. The molecule has 1 aromatic heterocycles. The molecule has 7 nitrogen and oxygen atoms in total. The van der Waals surface area contributed by atoms with Gasteiger partial charge < -0.3 is 20.7 Å². The monoisotopic (exact) mass is 380 g/mol. The SMILES string of the molecule is N#CC1(CNC(=O)[C@@H]2CCCC[C@@H]2NC(=O)c2cc3cc(O)ccc3[nH]2)CC1. The number of aromatic hydroxyl groups is 1. The molecule has 0 spiro atoms. The maximum atomic E-state index is 12.7. The lowest BCUT2D eigenvalue weighted by Gasteiger charge is -2.31. The number of H-pyrrole nitrogens is 1. The van der Waals surface area contributed by atoms with E-state index in [9.17, 15) is 20.0 Å². The fraction of sp³-hybridized carbons (Fsp3) is 0.476. The first-order valence-corrected chi connectivity index (χ1v) is 9.81. The number of amides is 2. The quantitative estimate of drug-likeness (QED) is 0.637. The number of nitrogens with one attached hydrogen (secondary N) is 3. The van der Waals surface area contributed by atoms with Crippen LogP contribution in [0.3, 0.4) is 0 Å². The summed E-state index contributed by atoms with van der Waals surface area (Å²) in [7, 11) is 0. The molecule has 0 radical (unpaired) electrons. The Bertz CT molecular complexity index is 954. The van der Waals surface area contributed by atoms with Crippen molar-refractivity contribution in [2.24, 2.45) is 11.3 Å². The molecule has 0 saturated heterocycles. The van der Waals surface area contributed by atoms with Gasteiger partial charge in [-0.25, -0.2) is 0 Å². The minimum atomic E-state index is -0.376. The van der Waals surface area contributed by atoms with Crippen molar-refractivity contribution in [1.82, 2.24) is 15.6 Å². The minimum Gasteiger partial charge on any atom is -0.508 e. The van der Waals surface area contributed by atoms with Crippen molar-refractivity contribution in [3.63, 3.8) is 0 Å². The van der Waals surface area contributed by atoms with Crippen LogP contribution in [-0.4, -0.2) is 34.5 Å². The van der Waals surface area contributed by atoms with Gasteiger partial charge in [-0.15, -0.1) is 0 Å². The van der Waals surface area contributed by atoms with E-state index in [1.807, 2.05) is 0 Å². The van der Waals surface area contributed by atoms with Crippen molar-refractivity contribution in [2.45, 2.75) is 44.6 Å². The van der Waals surface area contributed by atoms with Gasteiger partial charge >= 0.3 is 0 Å². The number of aromatic amines is 1. The van der Waals surface area contributed by atoms with E-state index in [1.54, 1.807) is 24.3 Å². The van der Waals surface area contributed by atoms with Crippen LogP contribution in [0.5, 0.6) is 5.75 Å². The third-order valence-electron chi connectivity index (χ3n) is 5.96. The summed E-state index contributed by atoms with van der Waals surface area (Å²) in [6.07, 6.45) is 5.09. The molecule has 2 saturated carbocycles. The van der Waals surface area contributed by atoms with E-state index >= 15 is 0 Å². The third kappa shape index (κ3) is 3.68. The number of benzene rings is 1. The lowest BCUT2D eigenvalue weighted by molar-refractivity contribution is -0.126. The molecule has 2 atom stereocenters. The highest BCUT2D eigenvalue weighted by molar-refractivity contribution is 5.98. The van der Waals surface area contributed by atoms with Gasteiger partial charge in [0.05, 0.1) is 17.4 Å². The normalized spacial score (nSPS) is 23.0. The number of phenols is 1. The number of aromatic nitrogens is 1. The molecule has 28 heavy (non-hydrogen) atoms. The number of hydrogen-bond donors (Lipinski definition) is 4. The number of carbonyl (C=O) groups is 2. The van der Waals surface area contributed by atoms with Crippen molar-refractivity contribution in [1.29, 1.82) is 5.26 Å². The zero-order valence-electron chi connectivity index (χ0n) is 15.6. The van der Waals surface area contributed by atoms with Crippen LogP contribution in [0.4, 0.5) is 0 Å². The molecule has 1 heterocycles. The largest absolute Gasteiger partial charge is 0.508 e. The summed E-state index contributed by atoms with van der Waals surface area (Å²) in [6.45, 7) is 0.394. The van der Waals surface area contributed by atoms with E-state index in [1.165, 1.54) is 0 Å². The zero-order chi connectivity index (χ0) is 19.7. The van der Waals surface area contributed by atoms with E-state index in [2.05, 4.69) is 21.7 Å². The van der Waals surface area contributed by atoms with Gasteiger partial charge in [0, 0.05) is 23.5 Å². The molecule has 4 rings (SSSR count). The Morgan fingerprint density at radius 1 is 1.25 bits per heavy atom. The summed E-state index contributed by atoms with van der Waals surface area (Å²) < 4.78 is 0. The van der Waals surface area contributed by atoms with Crippen molar-refractivity contribution in [3.8, 4) is 11.8 Å². The summed E-state index contributed by atoms with van der Waals surface area (Å²) in [5.74, 6) is -0.460. The molecule has 1 aromatic carbocycles. The van der Waals surface area contributed by atoms with Crippen LogP contribution >= 0.6 is 0 Å². The lowest BCUT2D eigenvalue weighted by Crippen LogP contribution is -2.49. The van der Waals surface area contributed by atoms with Crippen molar-refractivity contribution >= 4 is 22.7 Å². The van der Waals surface area contributed by atoms with Crippen LogP contribution in [0.2, 0.25) is 0 Å². The van der Waals surface area contributed by atoms with E-state index in [4.69, 9.17) is 0 Å². The van der Waals surface area contributed by atoms with Gasteiger partial charge in [-0.2, -0.15) is 5.26 Å². The average molecular weight is 380 g/mol. The van der Waals surface area contributed by atoms with E-state index in [0.717, 1.165) is 49.4 Å². The lowest BCUT2D eigenvalue weighted by atomic mass is 9.83. The first-order chi connectivity index (χ1) is 13.5. The number of phenolic OH excluding ortho intramolecular Hbond substituents is 1. The highest BCUT2D eigenvalue weighted by Gasteiger charge is 2.44. The van der Waals surface area contributed by atoms with Gasteiger partial charge in [-0.3, -0.25) is 9.59 Å². The molecule has 2 fully saturated rings. The van der Waals surface area contributed by atoms with Crippen LogP contribution in [0.25, 0.3) is 10.9 Å². The molecule has 2 aliphatic rings. The van der Waals surface area contributed by atoms with Crippen LogP contribution in [0.15, 0.2) is 24.3 Å². The van der Waals surface area contributed by atoms with E-state index < -0.39 is 0 Å². The molecule has 146 valence electrons. The Morgan fingerprint density at radius 2 is 2.04 bits per heavy atom. The van der Waals surface area contributed by atoms with Gasteiger partial charge in [-0.1, -0.05) is 12.8 Å². The van der Waals surface area contributed by atoms with Crippen LogP contribution in [0.1, 0.15) is 49.0 Å². The van der Waals surface area contributed by atoms with Crippen LogP contribution in [0, 0.1) is 22.7 Å². The van der Waals surface area contributed by atoms with Gasteiger partial charge in [0.2, 0.25) is 5.91 Å². The minimum absolute atomic E-state index is 0.0758. The van der Waals surface area contributed by atoms with E-state index in [-0.39, 0.29) is 34.9 Å². The number of rotatable bonds is 5.